The van der Waals surface area contributed by atoms with Crippen molar-refractivity contribution in [1.82, 2.24) is 9.97 Å². The first-order valence-electron chi connectivity index (χ1n) is 19.6. The molecule has 0 spiro atoms. The summed E-state index contributed by atoms with van der Waals surface area (Å²) in [5.41, 5.74) is 9.87. The molecule has 0 saturated carbocycles. The maximum atomic E-state index is 11.7. The zero-order valence-electron chi connectivity index (χ0n) is 34.1. The number of thiazole rings is 1. The number of carbonyl (C=O) groups is 1. The molecule has 0 aliphatic carbocycles. The Hall–Kier alpha value is -3.18. The first-order chi connectivity index (χ1) is 24.8. The van der Waals surface area contributed by atoms with Gasteiger partial charge in [0.1, 0.15) is 5.01 Å². The number of hydrogen-bond donors (Lipinski definition) is 1. The summed E-state index contributed by atoms with van der Waals surface area (Å²) in [6.07, 6.45) is 6.80. The van der Waals surface area contributed by atoms with Crippen LogP contribution < -0.4 is 0 Å². The van der Waals surface area contributed by atoms with E-state index in [0.717, 1.165) is 57.6 Å². The molecule has 0 aliphatic heterocycles. The summed E-state index contributed by atoms with van der Waals surface area (Å²) in [5.74, 6) is 2.28. The number of carbonyl (C=O) groups excluding carboxylic acids is 1. The molecule has 287 valence electrons. The van der Waals surface area contributed by atoms with E-state index in [0.29, 0.717) is 23.7 Å². The van der Waals surface area contributed by atoms with Crippen LogP contribution in [0.2, 0.25) is 0 Å². The number of aliphatic hydroxyl groups is 1. The normalized spacial score (nSPS) is 12.1. The SMILES string of the molecule is CC(C)c1cc(C(C)C)c(-c2nc3ccnc(-c4[c-]c5ccccc5c(C(C)C)c4)c3s2)c(C(C)C)c1.CCC(CC)C(=O)/C=C(\O)C(CC)CC.[Ir]. The third kappa shape index (κ3) is 10.3. The van der Waals surface area contributed by atoms with E-state index in [2.05, 4.69) is 110 Å². The predicted molar refractivity (Wildman–Crippen MR) is 225 cm³/mol. The molecule has 0 unspecified atom stereocenters. The average molecular weight is 910 g/mol. The van der Waals surface area contributed by atoms with Gasteiger partial charge in [-0.1, -0.05) is 124 Å². The van der Waals surface area contributed by atoms with Crippen LogP contribution in [0.5, 0.6) is 0 Å². The smallest absolute Gasteiger partial charge is 0.162 e. The van der Waals surface area contributed by atoms with Crippen molar-refractivity contribution >= 4 is 38.1 Å². The van der Waals surface area contributed by atoms with Crippen molar-refractivity contribution in [1.29, 1.82) is 0 Å². The van der Waals surface area contributed by atoms with Gasteiger partial charge in [0.05, 0.1) is 11.3 Å². The van der Waals surface area contributed by atoms with Crippen LogP contribution in [-0.2, 0) is 24.9 Å². The van der Waals surface area contributed by atoms with Gasteiger partial charge in [-0.15, -0.1) is 40.5 Å². The molecular weight excluding hydrogens is 849 g/mol. The van der Waals surface area contributed by atoms with Crippen LogP contribution in [0.15, 0.2) is 66.6 Å². The van der Waals surface area contributed by atoms with Crippen LogP contribution in [0, 0.1) is 17.9 Å². The Labute approximate surface area is 337 Å². The van der Waals surface area contributed by atoms with Crippen LogP contribution in [0.4, 0.5) is 0 Å². The largest absolute Gasteiger partial charge is 0.512 e. The van der Waals surface area contributed by atoms with Gasteiger partial charge in [-0.3, -0.25) is 9.78 Å². The van der Waals surface area contributed by atoms with E-state index in [1.807, 2.05) is 33.9 Å². The van der Waals surface area contributed by atoms with Crippen LogP contribution in [0.1, 0.15) is 155 Å². The van der Waals surface area contributed by atoms with Crippen molar-refractivity contribution < 1.29 is 30.0 Å². The molecule has 3 aromatic carbocycles. The molecule has 2 aromatic heterocycles. The second-order valence-electron chi connectivity index (χ2n) is 15.4. The van der Waals surface area contributed by atoms with Crippen LogP contribution >= 0.6 is 11.3 Å². The Morgan fingerprint density at radius 1 is 0.774 bits per heavy atom. The molecule has 0 amide bonds. The summed E-state index contributed by atoms with van der Waals surface area (Å²) in [7, 11) is 0. The molecule has 2 heterocycles. The van der Waals surface area contributed by atoms with E-state index in [1.165, 1.54) is 39.3 Å². The van der Waals surface area contributed by atoms with Crippen LogP contribution in [0.25, 0.3) is 42.8 Å². The van der Waals surface area contributed by atoms with Crippen molar-refractivity contribution in [2.75, 3.05) is 0 Å². The van der Waals surface area contributed by atoms with Crippen molar-refractivity contribution in [2.24, 2.45) is 11.8 Å². The van der Waals surface area contributed by atoms with Crippen LogP contribution in [0.3, 0.4) is 0 Å². The molecule has 0 fully saturated rings. The molecule has 4 nitrogen and oxygen atoms in total. The van der Waals surface area contributed by atoms with E-state index in [9.17, 15) is 9.90 Å². The number of aliphatic hydroxyl groups excluding tert-OH is 1. The third-order valence-corrected chi connectivity index (χ3v) is 11.5. The second kappa shape index (κ2) is 19.9. The first-order valence-corrected chi connectivity index (χ1v) is 20.4. The fourth-order valence-electron chi connectivity index (χ4n) is 7.00. The third-order valence-electron chi connectivity index (χ3n) is 10.4. The topological polar surface area (TPSA) is 63.1 Å². The zero-order valence-corrected chi connectivity index (χ0v) is 37.3. The Morgan fingerprint density at radius 3 is 1.87 bits per heavy atom. The minimum Gasteiger partial charge on any atom is -0.512 e. The van der Waals surface area contributed by atoms with Gasteiger partial charge in [0.2, 0.25) is 0 Å². The maximum absolute atomic E-state index is 11.7. The molecule has 0 saturated heterocycles. The number of hydrogen-bond acceptors (Lipinski definition) is 5. The summed E-state index contributed by atoms with van der Waals surface area (Å²) in [6, 6.07) is 21.4. The summed E-state index contributed by atoms with van der Waals surface area (Å²) < 4.78 is 1.14. The number of ketones is 1. The average Bonchev–Trinajstić information content (AvgIpc) is 3.56. The van der Waals surface area contributed by atoms with Crippen molar-refractivity contribution in [2.45, 2.75) is 132 Å². The monoisotopic (exact) mass is 910 g/mol. The van der Waals surface area contributed by atoms with Gasteiger partial charge in [-0.25, -0.2) is 4.98 Å². The second-order valence-corrected chi connectivity index (χ2v) is 16.4. The van der Waals surface area contributed by atoms with E-state index in [4.69, 9.17) is 9.97 Å². The molecule has 5 rings (SSSR count). The molecular formula is C47H61IrN2O2S-. The summed E-state index contributed by atoms with van der Waals surface area (Å²) in [4.78, 5) is 21.8. The number of aromatic nitrogens is 2. The molecule has 0 bridgehead atoms. The Bertz CT molecular complexity index is 1970. The van der Waals surface area contributed by atoms with Crippen LogP contribution in [-0.4, -0.2) is 20.9 Å². The summed E-state index contributed by atoms with van der Waals surface area (Å²) in [5, 5.41) is 13.3. The van der Waals surface area contributed by atoms with Crippen molar-refractivity contribution in [3.8, 4) is 21.8 Å². The minimum atomic E-state index is 0. The van der Waals surface area contributed by atoms with Gasteiger partial charge in [-0.05, 0) is 72.1 Å². The fraction of sp³-hybridized carbons (Fsp3) is 0.468. The van der Waals surface area contributed by atoms with Gasteiger partial charge in [0.25, 0.3) is 0 Å². The molecule has 1 radical (unpaired) electrons. The number of benzene rings is 3. The molecule has 0 aliphatic rings. The molecule has 1 N–H and O–H groups in total. The fourth-order valence-corrected chi connectivity index (χ4v) is 8.15. The van der Waals surface area contributed by atoms with Gasteiger partial charge in [-0.2, -0.15) is 0 Å². The van der Waals surface area contributed by atoms with Gasteiger partial charge >= 0.3 is 0 Å². The van der Waals surface area contributed by atoms with E-state index < -0.39 is 0 Å². The molecule has 5 aromatic rings. The standard InChI is InChI=1S/C34H37N2S.C13H24O2.Ir/c1-19(2)24-16-28(21(5)6)31(29(17-24)22(7)8)34-36-30-13-14-35-32(33(30)37-34)25-15-23-11-9-10-12-26(23)27(18-25)20(3)4;1-5-10(6-2)12(14)9-13(15)11(7-3)8-4;/h9-14,16-22H,1-8H3;9-11,14H,5-8H2,1-4H3;/q-1;;/b;12-9-;. The number of rotatable bonds is 13. The molecule has 0 atom stereocenters. The summed E-state index contributed by atoms with van der Waals surface area (Å²) >= 11 is 1.78. The van der Waals surface area contributed by atoms with E-state index >= 15 is 0 Å². The predicted octanol–water partition coefficient (Wildman–Crippen LogP) is 14.3. The molecule has 6 heteroatoms. The van der Waals surface area contributed by atoms with E-state index in [-0.39, 0.29) is 43.5 Å². The van der Waals surface area contributed by atoms with Crippen molar-refractivity contribution in [3.63, 3.8) is 0 Å². The Kier molecular flexibility index (Phi) is 16.6. The Balaban J connectivity index is 0.000000403. The quantitative estimate of drug-likeness (QED) is 0.0726. The minimum absolute atomic E-state index is 0. The van der Waals surface area contributed by atoms with Crippen molar-refractivity contribution in [3.05, 3.63) is 94.9 Å². The van der Waals surface area contributed by atoms with Gasteiger partial charge in [0.15, 0.2) is 5.78 Å². The van der Waals surface area contributed by atoms with Gasteiger partial charge in [0, 0.05) is 60.2 Å². The summed E-state index contributed by atoms with van der Waals surface area (Å²) in [6.45, 7) is 26.3. The number of allylic oxidation sites excluding steroid dienone is 2. The zero-order chi connectivity index (χ0) is 38.3. The molecule has 53 heavy (non-hydrogen) atoms. The number of fused-ring (bicyclic) bond motifs is 2. The number of nitrogens with zero attached hydrogens (tertiary/aromatic N) is 2. The first kappa shape index (κ1) is 44.2. The maximum Gasteiger partial charge on any atom is 0.162 e. The van der Waals surface area contributed by atoms with E-state index in [1.54, 1.807) is 11.3 Å². The number of pyridine rings is 1. The Morgan fingerprint density at radius 2 is 1.34 bits per heavy atom. The van der Waals surface area contributed by atoms with Gasteiger partial charge < -0.3 is 5.11 Å².